The third kappa shape index (κ3) is 4.82. The minimum Gasteiger partial charge on any atom is -0.404 e. The molecule has 8 heteroatoms. The number of nitrogens with one attached hydrogen (secondary N) is 1. The fourth-order valence-corrected chi connectivity index (χ4v) is 1.38. The zero-order valence-corrected chi connectivity index (χ0v) is 11.8. The normalized spacial score (nSPS) is 13.7. The van der Waals surface area contributed by atoms with Crippen molar-refractivity contribution in [3.63, 3.8) is 0 Å². The molecule has 0 saturated carbocycles. The molecule has 0 aliphatic rings. The number of carbonyl (C=O) groups is 1. The lowest BCUT2D eigenvalue weighted by molar-refractivity contribution is -0.274. The van der Waals surface area contributed by atoms with Gasteiger partial charge in [-0.2, -0.15) is 0 Å². The lowest BCUT2D eigenvalue weighted by Crippen LogP contribution is -2.50. The van der Waals surface area contributed by atoms with Crippen molar-refractivity contribution in [2.24, 2.45) is 0 Å². The number of benzene rings is 1. The largest absolute Gasteiger partial charge is 0.573 e. The summed E-state index contributed by atoms with van der Waals surface area (Å²) in [4.78, 5) is 12.0. The fraction of sp³-hybridized carbons (Fsp3) is 0.462. The Morgan fingerprint density at radius 2 is 1.95 bits per heavy atom. The van der Waals surface area contributed by atoms with E-state index in [-0.39, 0.29) is 11.3 Å². The monoisotopic (exact) mass is 306 g/mol. The van der Waals surface area contributed by atoms with Crippen LogP contribution in [0.5, 0.6) is 5.75 Å². The van der Waals surface area contributed by atoms with Crippen LogP contribution < -0.4 is 15.8 Å². The average molecular weight is 306 g/mol. The second-order valence-corrected chi connectivity index (χ2v) is 5.15. The Kier molecular flexibility index (Phi) is 4.72. The summed E-state index contributed by atoms with van der Waals surface area (Å²) in [6.45, 7) is 4.73. The smallest absolute Gasteiger partial charge is 0.404 e. The number of amides is 1. The molecular weight excluding hydrogens is 289 g/mol. The molecule has 1 atom stereocenters. The zero-order chi connectivity index (χ0) is 16.4. The molecule has 5 nitrogen and oxygen atoms in total. The summed E-state index contributed by atoms with van der Waals surface area (Å²) in [5, 5.41) is 12.1. The van der Waals surface area contributed by atoms with Crippen molar-refractivity contribution in [2.75, 3.05) is 5.73 Å². The molecule has 21 heavy (non-hydrogen) atoms. The maximum Gasteiger partial charge on any atom is 0.573 e. The van der Waals surface area contributed by atoms with Crippen LogP contribution in [0.25, 0.3) is 0 Å². The van der Waals surface area contributed by atoms with E-state index in [0.717, 1.165) is 18.2 Å². The second kappa shape index (κ2) is 5.80. The van der Waals surface area contributed by atoms with E-state index < -0.39 is 29.7 Å². The van der Waals surface area contributed by atoms with Crippen molar-refractivity contribution in [1.82, 2.24) is 5.32 Å². The van der Waals surface area contributed by atoms with Crippen LogP contribution in [-0.4, -0.2) is 29.0 Å². The van der Waals surface area contributed by atoms with Crippen molar-refractivity contribution in [3.05, 3.63) is 23.8 Å². The summed E-state index contributed by atoms with van der Waals surface area (Å²) < 4.78 is 40.0. The Hall–Kier alpha value is -1.96. The van der Waals surface area contributed by atoms with Gasteiger partial charge in [0.2, 0.25) is 0 Å². The molecule has 1 aromatic carbocycles. The first-order valence-electron chi connectivity index (χ1n) is 6.08. The molecule has 0 aliphatic carbocycles. The lowest BCUT2D eigenvalue weighted by atomic mass is 9.98. The lowest BCUT2D eigenvalue weighted by Gasteiger charge is -2.29. The fourth-order valence-electron chi connectivity index (χ4n) is 1.38. The number of halogens is 3. The molecule has 1 aromatic rings. The molecule has 118 valence electrons. The first-order chi connectivity index (χ1) is 9.42. The van der Waals surface area contributed by atoms with E-state index in [1.54, 1.807) is 13.8 Å². The third-order valence-corrected chi connectivity index (χ3v) is 2.98. The minimum absolute atomic E-state index is 0.0655. The van der Waals surface area contributed by atoms with Gasteiger partial charge in [0.1, 0.15) is 0 Å². The van der Waals surface area contributed by atoms with Gasteiger partial charge in [-0.3, -0.25) is 4.79 Å². The van der Waals surface area contributed by atoms with E-state index >= 15 is 0 Å². The maximum atomic E-state index is 12.1. The first kappa shape index (κ1) is 17.1. The number of aliphatic hydroxyl groups excluding tert-OH is 1. The molecule has 0 heterocycles. The number of ether oxygens (including phenoxy) is 1. The van der Waals surface area contributed by atoms with Gasteiger partial charge < -0.3 is 20.9 Å². The van der Waals surface area contributed by atoms with Crippen molar-refractivity contribution < 1.29 is 27.8 Å². The second-order valence-electron chi connectivity index (χ2n) is 5.15. The molecule has 0 bridgehead atoms. The van der Waals surface area contributed by atoms with E-state index in [2.05, 4.69) is 10.1 Å². The van der Waals surface area contributed by atoms with Crippen LogP contribution in [-0.2, 0) is 0 Å². The van der Waals surface area contributed by atoms with E-state index in [4.69, 9.17) is 5.73 Å². The zero-order valence-electron chi connectivity index (χ0n) is 11.8. The van der Waals surface area contributed by atoms with Crippen LogP contribution in [0, 0.1) is 0 Å². The summed E-state index contributed by atoms with van der Waals surface area (Å²) >= 11 is 0. The Labute approximate surface area is 119 Å². The summed E-state index contributed by atoms with van der Waals surface area (Å²) in [6.07, 6.45) is -5.67. The van der Waals surface area contributed by atoms with Crippen LogP contribution in [0.4, 0.5) is 18.9 Å². The number of nitrogen functional groups attached to an aromatic ring is 1. The van der Waals surface area contributed by atoms with Gasteiger partial charge >= 0.3 is 6.36 Å². The highest BCUT2D eigenvalue weighted by molar-refractivity contribution is 5.96. The van der Waals surface area contributed by atoms with Crippen molar-refractivity contribution in [1.29, 1.82) is 0 Å². The van der Waals surface area contributed by atoms with Crippen LogP contribution in [0.2, 0.25) is 0 Å². The van der Waals surface area contributed by atoms with Crippen LogP contribution >= 0.6 is 0 Å². The highest BCUT2D eigenvalue weighted by Crippen LogP contribution is 2.29. The average Bonchev–Trinajstić information content (AvgIpc) is 2.29. The Morgan fingerprint density at radius 3 is 2.38 bits per heavy atom. The van der Waals surface area contributed by atoms with Crippen molar-refractivity contribution in [2.45, 2.75) is 38.8 Å². The number of anilines is 1. The number of rotatable bonds is 4. The number of hydrogen-bond acceptors (Lipinski definition) is 4. The maximum absolute atomic E-state index is 12.1. The summed E-state index contributed by atoms with van der Waals surface area (Å²) in [6, 6.07) is 3.20. The molecule has 4 N–H and O–H groups in total. The number of aliphatic hydroxyl groups is 1. The molecule has 1 rings (SSSR count). The Bertz CT molecular complexity index is 528. The Balaban J connectivity index is 2.91. The number of alkyl halides is 3. The predicted octanol–water partition coefficient (Wildman–Crippen LogP) is 2.06. The number of hydrogen-bond donors (Lipinski definition) is 3. The molecule has 0 aliphatic heterocycles. The van der Waals surface area contributed by atoms with Gasteiger partial charge in [0, 0.05) is 5.56 Å². The third-order valence-electron chi connectivity index (χ3n) is 2.98. The van der Waals surface area contributed by atoms with Gasteiger partial charge in [-0.05, 0) is 39.0 Å². The quantitative estimate of drug-likeness (QED) is 0.743. The SMILES string of the molecule is CC(O)C(C)(C)NC(=O)c1ccc(OC(F)(F)F)c(N)c1. The minimum atomic E-state index is -4.85. The van der Waals surface area contributed by atoms with E-state index in [9.17, 15) is 23.1 Å². The standard InChI is InChI=1S/C13H17F3N2O3/c1-7(19)12(2,3)18-11(20)8-4-5-10(9(17)6-8)21-13(14,15)16/h4-7,19H,17H2,1-3H3,(H,18,20). The number of carbonyl (C=O) groups excluding carboxylic acids is 1. The van der Waals surface area contributed by atoms with Gasteiger partial charge in [-0.25, -0.2) is 0 Å². The number of nitrogens with two attached hydrogens (primary N) is 1. The molecule has 0 aromatic heterocycles. The molecule has 0 spiro atoms. The van der Waals surface area contributed by atoms with Crippen molar-refractivity contribution in [3.8, 4) is 5.75 Å². The molecule has 1 unspecified atom stereocenters. The van der Waals surface area contributed by atoms with E-state index in [1.807, 2.05) is 0 Å². The van der Waals surface area contributed by atoms with Gasteiger partial charge in [0.25, 0.3) is 5.91 Å². The van der Waals surface area contributed by atoms with Gasteiger partial charge in [0.05, 0.1) is 17.3 Å². The first-order valence-corrected chi connectivity index (χ1v) is 6.08. The molecule has 0 radical (unpaired) electrons. The van der Waals surface area contributed by atoms with Crippen molar-refractivity contribution >= 4 is 11.6 Å². The van der Waals surface area contributed by atoms with Crippen LogP contribution in [0.3, 0.4) is 0 Å². The molecule has 0 saturated heterocycles. The Morgan fingerprint density at radius 1 is 1.38 bits per heavy atom. The molecule has 1 amide bonds. The summed E-state index contributed by atoms with van der Waals surface area (Å²) in [5.41, 5.74) is 4.29. The van der Waals surface area contributed by atoms with Crippen LogP contribution in [0.15, 0.2) is 18.2 Å². The van der Waals surface area contributed by atoms with Crippen LogP contribution in [0.1, 0.15) is 31.1 Å². The predicted molar refractivity (Wildman–Crippen MR) is 70.8 cm³/mol. The molecular formula is C13H17F3N2O3. The topological polar surface area (TPSA) is 84.6 Å². The van der Waals surface area contributed by atoms with E-state index in [0.29, 0.717) is 0 Å². The van der Waals surface area contributed by atoms with Gasteiger partial charge in [-0.1, -0.05) is 0 Å². The summed E-state index contributed by atoms with van der Waals surface area (Å²) in [7, 11) is 0. The van der Waals surface area contributed by atoms with Gasteiger partial charge in [-0.15, -0.1) is 13.2 Å². The highest BCUT2D eigenvalue weighted by Gasteiger charge is 2.32. The van der Waals surface area contributed by atoms with E-state index in [1.165, 1.54) is 6.92 Å². The highest BCUT2D eigenvalue weighted by atomic mass is 19.4. The summed E-state index contributed by atoms with van der Waals surface area (Å²) in [5.74, 6) is -1.14. The van der Waals surface area contributed by atoms with Gasteiger partial charge in [0.15, 0.2) is 5.75 Å². The molecule has 0 fully saturated rings.